The second-order valence-corrected chi connectivity index (χ2v) is 5.53. The summed E-state index contributed by atoms with van der Waals surface area (Å²) in [7, 11) is 0. The molecule has 0 unspecified atom stereocenters. The molecule has 0 aromatic heterocycles. The number of alkyl halides is 3. The van der Waals surface area contributed by atoms with Crippen LogP contribution < -0.4 is 10.1 Å². The first-order valence-electron chi connectivity index (χ1n) is 7.56. The Morgan fingerprint density at radius 1 is 1.32 bits per heavy atom. The third-order valence-electron chi connectivity index (χ3n) is 3.75. The van der Waals surface area contributed by atoms with Gasteiger partial charge in [-0.1, -0.05) is 19.8 Å². The lowest BCUT2D eigenvalue weighted by Crippen LogP contribution is -2.21. The minimum absolute atomic E-state index is 0.0974. The predicted molar refractivity (Wildman–Crippen MR) is 77.8 cm³/mol. The average Bonchev–Trinajstić information content (AvgIpc) is 2.99. The molecule has 0 spiro atoms. The van der Waals surface area contributed by atoms with E-state index in [1.54, 1.807) is 0 Å². The van der Waals surface area contributed by atoms with E-state index in [2.05, 4.69) is 5.32 Å². The molecule has 0 saturated heterocycles. The fraction of sp³-hybridized carbons (Fsp3) is 0.562. The van der Waals surface area contributed by atoms with Gasteiger partial charge in [-0.2, -0.15) is 13.2 Å². The maximum absolute atomic E-state index is 12.8. The fourth-order valence-corrected chi connectivity index (χ4v) is 2.56. The van der Waals surface area contributed by atoms with Gasteiger partial charge in [0.05, 0.1) is 17.9 Å². The molecule has 1 aliphatic rings. The number of hydrogen-bond donors (Lipinski definition) is 1. The van der Waals surface area contributed by atoms with E-state index in [0.717, 1.165) is 44.2 Å². The number of halogens is 3. The van der Waals surface area contributed by atoms with Crippen molar-refractivity contribution in [2.24, 2.45) is 5.92 Å². The standard InChI is InChI=1S/C16H20F3NO2/c1-2-9-22-14-8-7-12(16(17,18)19)10-13(14)20-15(21)11-5-3-4-6-11/h7-8,10-11H,2-6,9H2,1H3,(H,20,21). The summed E-state index contributed by atoms with van der Waals surface area (Å²) < 4.78 is 43.9. The van der Waals surface area contributed by atoms with Crippen molar-refractivity contribution in [1.29, 1.82) is 0 Å². The highest BCUT2D eigenvalue weighted by Crippen LogP contribution is 2.36. The van der Waals surface area contributed by atoms with Crippen molar-refractivity contribution in [2.75, 3.05) is 11.9 Å². The Morgan fingerprint density at radius 2 is 2.00 bits per heavy atom. The topological polar surface area (TPSA) is 38.3 Å². The molecule has 0 heterocycles. The number of nitrogens with one attached hydrogen (secondary N) is 1. The molecule has 0 atom stereocenters. The van der Waals surface area contributed by atoms with Crippen molar-refractivity contribution < 1.29 is 22.7 Å². The second kappa shape index (κ2) is 7.03. The summed E-state index contributed by atoms with van der Waals surface area (Å²) >= 11 is 0. The number of ether oxygens (including phenoxy) is 1. The van der Waals surface area contributed by atoms with E-state index < -0.39 is 11.7 Å². The van der Waals surface area contributed by atoms with Gasteiger partial charge >= 0.3 is 6.18 Å². The number of carbonyl (C=O) groups excluding carboxylic acids is 1. The SMILES string of the molecule is CCCOc1ccc(C(F)(F)F)cc1NC(=O)C1CCCC1. The Kier molecular flexibility index (Phi) is 5.32. The zero-order valence-electron chi connectivity index (χ0n) is 12.5. The number of hydrogen-bond acceptors (Lipinski definition) is 2. The molecule has 0 bridgehead atoms. The first kappa shape index (κ1) is 16.6. The molecular weight excluding hydrogens is 295 g/mol. The zero-order valence-corrected chi connectivity index (χ0v) is 12.5. The van der Waals surface area contributed by atoms with Crippen LogP contribution in [0.5, 0.6) is 5.75 Å². The van der Waals surface area contributed by atoms with Gasteiger partial charge in [0.2, 0.25) is 5.91 Å². The van der Waals surface area contributed by atoms with E-state index in [1.165, 1.54) is 6.07 Å². The maximum Gasteiger partial charge on any atom is 0.416 e. The Labute approximate surface area is 127 Å². The van der Waals surface area contributed by atoms with Crippen LogP contribution in [0.25, 0.3) is 0 Å². The van der Waals surface area contributed by atoms with Crippen molar-refractivity contribution in [2.45, 2.75) is 45.2 Å². The molecule has 1 aromatic carbocycles. The molecule has 0 radical (unpaired) electrons. The van der Waals surface area contributed by atoms with Gasteiger partial charge in [0.15, 0.2) is 0 Å². The average molecular weight is 315 g/mol. The van der Waals surface area contributed by atoms with Crippen LogP contribution in [0.3, 0.4) is 0 Å². The van der Waals surface area contributed by atoms with Gasteiger partial charge in [-0.05, 0) is 37.5 Å². The smallest absolute Gasteiger partial charge is 0.416 e. The lowest BCUT2D eigenvalue weighted by atomic mass is 10.1. The fourth-order valence-electron chi connectivity index (χ4n) is 2.56. The van der Waals surface area contributed by atoms with Crippen molar-refractivity contribution >= 4 is 11.6 Å². The number of amides is 1. The molecule has 6 heteroatoms. The summed E-state index contributed by atoms with van der Waals surface area (Å²) in [6.45, 7) is 2.29. The molecule has 1 aliphatic carbocycles. The molecule has 2 rings (SSSR count). The molecular formula is C16H20F3NO2. The first-order valence-corrected chi connectivity index (χ1v) is 7.56. The van der Waals surface area contributed by atoms with Crippen LogP contribution in [0.1, 0.15) is 44.6 Å². The molecule has 0 aliphatic heterocycles. The van der Waals surface area contributed by atoms with Crippen molar-refractivity contribution in [1.82, 2.24) is 0 Å². The number of anilines is 1. The van der Waals surface area contributed by atoms with Crippen molar-refractivity contribution in [3.05, 3.63) is 23.8 Å². The molecule has 122 valence electrons. The van der Waals surface area contributed by atoms with E-state index in [0.29, 0.717) is 6.61 Å². The maximum atomic E-state index is 12.8. The highest BCUT2D eigenvalue weighted by molar-refractivity contribution is 5.94. The molecule has 22 heavy (non-hydrogen) atoms. The Balaban J connectivity index is 2.21. The second-order valence-electron chi connectivity index (χ2n) is 5.53. The van der Waals surface area contributed by atoms with Crippen LogP contribution >= 0.6 is 0 Å². The quantitative estimate of drug-likeness (QED) is 0.861. The lowest BCUT2D eigenvalue weighted by molar-refractivity contribution is -0.137. The van der Waals surface area contributed by atoms with Gasteiger partial charge in [0, 0.05) is 5.92 Å². The van der Waals surface area contributed by atoms with Crippen LogP contribution in [-0.4, -0.2) is 12.5 Å². The largest absolute Gasteiger partial charge is 0.491 e. The van der Waals surface area contributed by atoms with E-state index in [-0.39, 0.29) is 23.3 Å². The van der Waals surface area contributed by atoms with Crippen LogP contribution in [0.2, 0.25) is 0 Å². The summed E-state index contributed by atoms with van der Waals surface area (Å²) in [4.78, 5) is 12.2. The minimum Gasteiger partial charge on any atom is -0.491 e. The van der Waals surface area contributed by atoms with Gasteiger partial charge in [-0.15, -0.1) is 0 Å². The lowest BCUT2D eigenvalue weighted by Gasteiger charge is -2.16. The first-order chi connectivity index (χ1) is 10.4. The van der Waals surface area contributed by atoms with Crippen LogP contribution in [0, 0.1) is 5.92 Å². The minimum atomic E-state index is -4.45. The summed E-state index contributed by atoms with van der Waals surface area (Å²) in [6, 6.07) is 3.18. The van der Waals surface area contributed by atoms with Crippen LogP contribution in [0.4, 0.5) is 18.9 Å². The van der Waals surface area contributed by atoms with E-state index in [9.17, 15) is 18.0 Å². The molecule has 1 aromatic rings. The normalized spacial score (nSPS) is 15.8. The Hall–Kier alpha value is -1.72. The number of benzene rings is 1. The molecule has 3 nitrogen and oxygen atoms in total. The molecule has 1 amide bonds. The number of carbonyl (C=O) groups is 1. The van der Waals surface area contributed by atoms with E-state index in [1.807, 2.05) is 6.92 Å². The third kappa shape index (κ3) is 4.15. The van der Waals surface area contributed by atoms with Gasteiger partial charge in [-0.3, -0.25) is 4.79 Å². The monoisotopic (exact) mass is 315 g/mol. The highest BCUT2D eigenvalue weighted by atomic mass is 19.4. The summed E-state index contributed by atoms with van der Waals surface area (Å²) in [5, 5.41) is 2.61. The molecule has 1 saturated carbocycles. The predicted octanol–water partition coefficient (Wildman–Crippen LogP) is 4.62. The summed E-state index contributed by atoms with van der Waals surface area (Å²) in [6.07, 6.45) is -0.168. The van der Waals surface area contributed by atoms with Crippen molar-refractivity contribution in [3.8, 4) is 5.75 Å². The Morgan fingerprint density at radius 3 is 2.59 bits per heavy atom. The van der Waals surface area contributed by atoms with Gasteiger partial charge in [0.25, 0.3) is 0 Å². The molecule has 1 fully saturated rings. The third-order valence-corrected chi connectivity index (χ3v) is 3.75. The molecule has 1 N–H and O–H groups in total. The highest BCUT2D eigenvalue weighted by Gasteiger charge is 2.32. The Bertz CT molecular complexity index is 523. The van der Waals surface area contributed by atoms with E-state index in [4.69, 9.17) is 4.74 Å². The number of rotatable bonds is 5. The van der Waals surface area contributed by atoms with E-state index >= 15 is 0 Å². The van der Waals surface area contributed by atoms with Gasteiger partial charge in [-0.25, -0.2) is 0 Å². The van der Waals surface area contributed by atoms with Gasteiger partial charge in [0.1, 0.15) is 5.75 Å². The van der Waals surface area contributed by atoms with Gasteiger partial charge < -0.3 is 10.1 Å². The van der Waals surface area contributed by atoms with Crippen LogP contribution in [0.15, 0.2) is 18.2 Å². The zero-order chi connectivity index (χ0) is 16.2. The van der Waals surface area contributed by atoms with Crippen molar-refractivity contribution in [3.63, 3.8) is 0 Å². The summed E-state index contributed by atoms with van der Waals surface area (Å²) in [5.41, 5.74) is -0.696. The van der Waals surface area contributed by atoms with Crippen LogP contribution in [-0.2, 0) is 11.0 Å². The summed E-state index contributed by atoms with van der Waals surface area (Å²) in [5.74, 6) is -0.0621.